The molecule has 4 heteroatoms. The van der Waals surface area contributed by atoms with Crippen molar-refractivity contribution in [1.82, 2.24) is 4.57 Å². The lowest BCUT2D eigenvalue weighted by molar-refractivity contribution is 1.18. The van der Waals surface area contributed by atoms with Gasteiger partial charge in [0.1, 0.15) is 0 Å². The van der Waals surface area contributed by atoms with Crippen LogP contribution in [0.2, 0.25) is 0 Å². The van der Waals surface area contributed by atoms with Gasteiger partial charge < -0.3 is 10.3 Å². The average Bonchev–Trinajstić information content (AvgIpc) is 2.80. The molecule has 0 spiro atoms. The molecule has 0 atom stereocenters. The second kappa shape index (κ2) is 5.14. The van der Waals surface area contributed by atoms with Crippen LogP contribution in [0.4, 0.5) is 5.69 Å². The van der Waals surface area contributed by atoms with E-state index in [1.54, 1.807) is 0 Å². The normalized spacial score (nSPS) is 11.4. The maximum Gasteiger partial charge on any atom is 0.0552 e. The Morgan fingerprint density at radius 2 is 1.18 bits per heavy atom. The van der Waals surface area contributed by atoms with Crippen molar-refractivity contribution in [2.24, 2.45) is 0 Å². The summed E-state index contributed by atoms with van der Waals surface area (Å²) in [4.78, 5) is 0. The van der Waals surface area contributed by atoms with Gasteiger partial charge in [-0.2, -0.15) is 0 Å². The number of rotatable bonds is 1. The molecule has 0 radical (unpaired) electrons. The highest BCUT2D eigenvalue weighted by molar-refractivity contribution is 9.10. The summed E-state index contributed by atoms with van der Waals surface area (Å²) in [6, 6.07) is 20.7. The van der Waals surface area contributed by atoms with Crippen LogP contribution in [0.1, 0.15) is 0 Å². The summed E-state index contributed by atoms with van der Waals surface area (Å²) in [6.45, 7) is 0. The molecule has 0 aliphatic rings. The molecule has 108 valence electrons. The van der Waals surface area contributed by atoms with Crippen molar-refractivity contribution < 1.29 is 0 Å². The Hall–Kier alpha value is -1.78. The number of nitrogens with zero attached hydrogens (tertiary/aromatic N) is 1. The number of hydrogen-bond acceptors (Lipinski definition) is 1. The fourth-order valence-electron chi connectivity index (χ4n) is 2.87. The van der Waals surface area contributed by atoms with E-state index in [-0.39, 0.29) is 0 Å². The van der Waals surface area contributed by atoms with Gasteiger partial charge in [0.15, 0.2) is 0 Å². The molecule has 4 aromatic rings. The molecule has 0 saturated heterocycles. The van der Waals surface area contributed by atoms with E-state index in [0.717, 1.165) is 20.3 Å². The van der Waals surface area contributed by atoms with Crippen LogP contribution in [-0.2, 0) is 0 Å². The van der Waals surface area contributed by atoms with Gasteiger partial charge in [0.2, 0.25) is 0 Å². The summed E-state index contributed by atoms with van der Waals surface area (Å²) in [7, 11) is 0. The van der Waals surface area contributed by atoms with Gasteiger partial charge in [-0.1, -0.05) is 44.0 Å². The van der Waals surface area contributed by atoms with E-state index < -0.39 is 0 Å². The number of nitrogens with two attached hydrogens (primary N) is 1. The molecule has 0 aliphatic carbocycles. The Kier molecular flexibility index (Phi) is 3.24. The first-order valence-electron chi connectivity index (χ1n) is 6.88. The first kappa shape index (κ1) is 13.9. The molecule has 0 saturated carbocycles. The van der Waals surface area contributed by atoms with E-state index in [1.165, 1.54) is 21.8 Å². The molecule has 0 unspecified atom stereocenters. The van der Waals surface area contributed by atoms with Crippen molar-refractivity contribution in [3.8, 4) is 5.69 Å². The quantitative estimate of drug-likeness (QED) is 0.386. The van der Waals surface area contributed by atoms with E-state index in [9.17, 15) is 0 Å². The molecule has 22 heavy (non-hydrogen) atoms. The van der Waals surface area contributed by atoms with Gasteiger partial charge in [-0.3, -0.25) is 0 Å². The van der Waals surface area contributed by atoms with Crippen LogP contribution in [0, 0.1) is 0 Å². The first-order valence-corrected chi connectivity index (χ1v) is 8.47. The Bertz CT molecular complexity index is 942. The zero-order valence-corrected chi connectivity index (χ0v) is 14.7. The van der Waals surface area contributed by atoms with E-state index in [4.69, 9.17) is 5.73 Å². The minimum atomic E-state index is 0.770. The number of hydrogen-bond donors (Lipinski definition) is 1. The van der Waals surface area contributed by atoms with Crippen LogP contribution in [-0.4, -0.2) is 4.57 Å². The number of aromatic nitrogens is 1. The van der Waals surface area contributed by atoms with Crippen LogP contribution in [0.3, 0.4) is 0 Å². The third kappa shape index (κ3) is 2.14. The van der Waals surface area contributed by atoms with Crippen LogP contribution < -0.4 is 5.73 Å². The van der Waals surface area contributed by atoms with Crippen LogP contribution in [0.15, 0.2) is 69.6 Å². The largest absolute Gasteiger partial charge is 0.399 e. The molecule has 0 aliphatic heterocycles. The van der Waals surface area contributed by atoms with Crippen molar-refractivity contribution in [2.75, 3.05) is 5.73 Å². The van der Waals surface area contributed by atoms with Crippen molar-refractivity contribution in [1.29, 1.82) is 0 Å². The molecule has 2 nitrogen and oxygen atoms in total. The number of nitrogen functional groups attached to an aromatic ring is 1. The average molecular weight is 416 g/mol. The predicted molar refractivity (Wildman–Crippen MR) is 101 cm³/mol. The van der Waals surface area contributed by atoms with Gasteiger partial charge in [0.05, 0.1) is 11.0 Å². The third-order valence-electron chi connectivity index (χ3n) is 3.84. The van der Waals surface area contributed by atoms with Gasteiger partial charge in [-0.05, 0) is 48.5 Å². The predicted octanol–water partition coefficient (Wildman–Crippen LogP) is 5.89. The minimum Gasteiger partial charge on any atom is -0.399 e. The monoisotopic (exact) mass is 414 g/mol. The molecule has 1 aromatic heterocycles. The van der Waals surface area contributed by atoms with E-state index >= 15 is 0 Å². The molecule has 1 heterocycles. The molecule has 3 aromatic carbocycles. The Morgan fingerprint density at radius 1 is 0.682 bits per heavy atom. The highest BCUT2D eigenvalue weighted by Gasteiger charge is 2.12. The lowest BCUT2D eigenvalue weighted by Gasteiger charge is -2.08. The second-order valence-electron chi connectivity index (χ2n) is 5.25. The van der Waals surface area contributed by atoms with Crippen LogP contribution in [0.5, 0.6) is 0 Å². The van der Waals surface area contributed by atoms with Gasteiger partial charge >= 0.3 is 0 Å². The van der Waals surface area contributed by atoms with Gasteiger partial charge in [0, 0.05) is 31.1 Å². The molecule has 4 rings (SSSR count). The molecule has 0 amide bonds. The smallest absolute Gasteiger partial charge is 0.0552 e. The SMILES string of the molecule is Nc1ccc(-n2c3cc(Br)ccc3c3ccc(Br)cc32)cc1. The first-order chi connectivity index (χ1) is 10.6. The second-order valence-corrected chi connectivity index (χ2v) is 7.08. The van der Waals surface area contributed by atoms with Gasteiger partial charge in [-0.15, -0.1) is 0 Å². The molecule has 0 fully saturated rings. The van der Waals surface area contributed by atoms with E-state index in [1.807, 2.05) is 12.1 Å². The number of benzene rings is 3. The Morgan fingerprint density at radius 3 is 1.68 bits per heavy atom. The number of halogens is 2. The summed E-state index contributed by atoms with van der Waals surface area (Å²) in [5.74, 6) is 0. The van der Waals surface area contributed by atoms with Crippen molar-refractivity contribution in [3.63, 3.8) is 0 Å². The summed E-state index contributed by atoms with van der Waals surface area (Å²) in [6.07, 6.45) is 0. The fourth-order valence-corrected chi connectivity index (χ4v) is 3.56. The standard InChI is InChI=1S/C18H12Br2N2/c19-11-1-7-15-16-8-2-12(20)10-18(16)22(17(15)9-11)14-5-3-13(21)4-6-14/h1-10H,21H2. The highest BCUT2D eigenvalue weighted by atomic mass is 79.9. The van der Waals surface area contributed by atoms with Gasteiger partial charge in [0.25, 0.3) is 0 Å². The lowest BCUT2D eigenvalue weighted by atomic mass is 10.2. The van der Waals surface area contributed by atoms with Crippen molar-refractivity contribution in [3.05, 3.63) is 69.6 Å². The summed E-state index contributed by atoms with van der Waals surface area (Å²) >= 11 is 7.16. The zero-order valence-electron chi connectivity index (χ0n) is 11.6. The van der Waals surface area contributed by atoms with E-state index in [0.29, 0.717) is 0 Å². The van der Waals surface area contributed by atoms with Crippen LogP contribution in [0.25, 0.3) is 27.5 Å². The Labute approximate surface area is 144 Å². The maximum absolute atomic E-state index is 5.83. The van der Waals surface area contributed by atoms with E-state index in [2.05, 4.69) is 85.0 Å². The summed E-state index contributed by atoms with van der Waals surface area (Å²) in [5.41, 5.74) is 10.0. The molecular weight excluding hydrogens is 404 g/mol. The topological polar surface area (TPSA) is 30.9 Å². The summed E-state index contributed by atoms with van der Waals surface area (Å²) < 4.78 is 4.40. The zero-order chi connectivity index (χ0) is 15.3. The molecular formula is C18H12Br2N2. The van der Waals surface area contributed by atoms with Crippen molar-refractivity contribution in [2.45, 2.75) is 0 Å². The minimum absolute atomic E-state index is 0.770. The molecule has 2 N–H and O–H groups in total. The third-order valence-corrected chi connectivity index (χ3v) is 4.83. The van der Waals surface area contributed by atoms with Crippen LogP contribution >= 0.6 is 31.9 Å². The number of anilines is 1. The lowest BCUT2D eigenvalue weighted by Crippen LogP contribution is -1.94. The van der Waals surface area contributed by atoms with Gasteiger partial charge in [-0.25, -0.2) is 0 Å². The summed E-state index contributed by atoms with van der Waals surface area (Å²) in [5, 5.41) is 2.48. The number of fused-ring (bicyclic) bond motifs is 3. The maximum atomic E-state index is 5.83. The highest BCUT2D eigenvalue weighted by Crippen LogP contribution is 2.35. The fraction of sp³-hybridized carbons (Fsp3) is 0. The molecule has 0 bridgehead atoms. The van der Waals surface area contributed by atoms with Crippen molar-refractivity contribution >= 4 is 59.4 Å². The Balaban J connectivity index is 2.19.